The molecule has 2 aromatic rings. The summed E-state index contributed by atoms with van der Waals surface area (Å²) in [6, 6.07) is 0. The number of rotatable bonds is 7. The fourth-order valence-electron chi connectivity index (χ4n) is 1.35. The number of hydrogen-bond acceptors (Lipinski definition) is 7. The summed E-state index contributed by atoms with van der Waals surface area (Å²) in [6.45, 7) is 2.24. The average Bonchev–Trinajstić information content (AvgIpc) is 2.82. The zero-order valence-corrected chi connectivity index (χ0v) is 11.7. The van der Waals surface area contributed by atoms with Crippen molar-refractivity contribution in [2.24, 2.45) is 7.05 Å². The highest BCUT2D eigenvalue weighted by Gasteiger charge is 2.05. The Balaban J connectivity index is 1.86. The van der Waals surface area contributed by atoms with Crippen LogP contribution >= 0.6 is 11.8 Å². The third kappa shape index (κ3) is 4.27. The second kappa shape index (κ2) is 7.17. The minimum absolute atomic E-state index is 0.664. The van der Waals surface area contributed by atoms with Crippen molar-refractivity contribution in [3.63, 3.8) is 0 Å². The first-order valence-electron chi connectivity index (χ1n) is 5.82. The number of nitrogens with zero attached hydrogens (tertiary/aromatic N) is 5. The predicted octanol–water partition coefficient (Wildman–Crippen LogP) is 0.492. The van der Waals surface area contributed by atoms with Gasteiger partial charge in [-0.3, -0.25) is 0 Å². The first-order chi connectivity index (χ1) is 9.29. The smallest absolute Gasteiger partial charge is 0.195 e. The summed E-state index contributed by atoms with van der Waals surface area (Å²) in [5.41, 5.74) is 1.04. The van der Waals surface area contributed by atoms with Crippen molar-refractivity contribution in [3.8, 4) is 0 Å². The molecular formula is C11H16N6OS. The van der Waals surface area contributed by atoms with Crippen LogP contribution in [0.4, 0.5) is 0 Å². The SMILES string of the molecule is COCCNCc1cnc(Sc2ncnn2C)nc1. The highest BCUT2D eigenvalue weighted by Crippen LogP contribution is 2.20. The van der Waals surface area contributed by atoms with Crippen molar-refractivity contribution in [3.05, 3.63) is 24.3 Å². The van der Waals surface area contributed by atoms with Crippen LogP contribution in [0.15, 0.2) is 29.0 Å². The second-order valence-corrected chi connectivity index (χ2v) is 4.75. The molecule has 102 valence electrons. The highest BCUT2D eigenvalue weighted by molar-refractivity contribution is 7.99. The third-order valence-corrected chi connectivity index (χ3v) is 3.29. The Morgan fingerprint density at radius 2 is 2.11 bits per heavy atom. The number of methoxy groups -OCH3 is 1. The number of nitrogens with one attached hydrogen (secondary N) is 1. The molecule has 0 bridgehead atoms. The monoisotopic (exact) mass is 280 g/mol. The van der Waals surface area contributed by atoms with Gasteiger partial charge >= 0.3 is 0 Å². The number of ether oxygens (including phenoxy) is 1. The van der Waals surface area contributed by atoms with E-state index in [1.165, 1.54) is 18.1 Å². The molecule has 8 heteroatoms. The van der Waals surface area contributed by atoms with Gasteiger partial charge in [0.1, 0.15) is 6.33 Å². The molecule has 2 aromatic heterocycles. The van der Waals surface area contributed by atoms with Crippen molar-refractivity contribution in [2.75, 3.05) is 20.3 Å². The van der Waals surface area contributed by atoms with Gasteiger partial charge in [0.25, 0.3) is 0 Å². The molecule has 2 heterocycles. The molecule has 0 saturated heterocycles. The quantitative estimate of drug-likeness (QED) is 0.584. The van der Waals surface area contributed by atoms with Crippen LogP contribution in [0.2, 0.25) is 0 Å². The second-order valence-electron chi connectivity index (χ2n) is 3.81. The topological polar surface area (TPSA) is 77.8 Å². The van der Waals surface area contributed by atoms with E-state index in [0.717, 1.165) is 23.8 Å². The lowest BCUT2D eigenvalue weighted by molar-refractivity contribution is 0.199. The first-order valence-corrected chi connectivity index (χ1v) is 6.63. The summed E-state index contributed by atoms with van der Waals surface area (Å²) < 4.78 is 6.65. The van der Waals surface area contributed by atoms with Crippen LogP contribution in [0, 0.1) is 0 Å². The number of aromatic nitrogens is 5. The van der Waals surface area contributed by atoms with Gasteiger partial charge in [-0.15, -0.1) is 0 Å². The van der Waals surface area contributed by atoms with Gasteiger partial charge in [-0.1, -0.05) is 0 Å². The fourth-order valence-corrected chi connectivity index (χ4v) is 2.01. The molecule has 0 unspecified atom stereocenters. The normalized spacial score (nSPS) is 10.8. The van der Waals surface area contributed by atoms with E-state index in [9.17, 15) is 0 Å². The van der Waals surface area contributed by atoms with Gasteiger partial charge in [-0.05, 0) is 11.8 Å². The van der Waals surface area contributed by atoms with Crippen molar-refractivity contribution in [1.82, 2.24) is 30.0 Å². The van der Waals surface area contributed by atoms with Gasteiger partial charge in [0, 0.05) is 45.2 Å². The Bertz CT molecular complexity index is 500. The molecule has 1 N–H and O–H groups in total. The minimum atomic E-state index is 0.664. The molecule has 0 atom stereocenters. The van der Waals surface area contributed by atoms with Gasteiger partial charge in [-0.25, -0.2) is 19.6 Å². The van der Waals surface area contributed by atoms with Crippen molar-refractivity contribution < 1.29 is 4.74 Å². The van der Waals surface area contributed by atoms with Crippen LogP contribution in [-0.4, -0.2) is 45.0 Å². The standard InChI is InChI=1S/C11H16N6OS/c1-17-11(15-8-16-17)19-10-13-6-9(7-14-10)5-12-3-4-18-2/h6-8,12H,3-5H2,1-2H3. The van der Waals surface area contributed by atoms with E-state index < -0.39 is 0 Å². The summed E-state index contributed by atoms with van der Waals surface area (Å²) >= 11 is 1.39. The van der Waals surface area contributed by atoms with E-state index in [0.29, 0.717) is 11.8 Å². The third-order valence-electron chi connectivity index (χ3n) is 2.35. The number of aryl methyl sites for hydroxylation is 1. The van der Waals surface area contributed by atoms with Crippen molar-refractivity contribution in [1.29, 1.82) is 0 Å². The van der Waals surface area contributed by atoms with E-state index in [1.807, 2.05) is 19.4 Å². The molecule has 7 nitrogen and oxygen atoms in total. The lowest BCUT2D eigenvalue weighted by Crippen LogP contribution is -2.18. The van der Waals surface area contributed by atoms with E-state index >= 15 is 0 Å². The lowest BCUT2D eigenvalue weighted by atomic mass is 10.3. The molecule has 0 aliphatic rings. The molecule has 0 fully saturated rings. The Morgan fingerprint density at radius 1 is 1.32 bits per heavy atom. The van der Waals surface area contributed by atoms with Crippen LogP contribution in [0.1, 0.15) is 5.56 Å². The summed E-state index contributed by atoms with van der Waals surface area (Å²) in [4.78, 5) is 12.7. The van der Waals surface area contributed by atoms with Gasteiger partial charge in [0.05, 0.1) is 6.61 Å². The van der Waals surface area contributed by atoms with Gasteiger partial charge in [-0.2, -0.15) is 5.10 Å². The summed E-state index contributed by atoms with van der Waals surface area (Å²) in [5, 5.41) is 8.67. The maximum atomic E-state index is 4.96. The summed E-state index contributed by atoms with van der Waals surface area (Å²) in [5.74, 6) is 0. The van der Waals surface area contributed by atoms with E-state index in [4.69, 9.17) is 4.74 Å². The first kappa shape index (κ1) is 13.9. The average molecular weight is 280 g/mol. The molecule has 0 aliphatic heterocycles. The Kier molecular flexibility index (Phi) is 5.25. The van der Waals surface area contributed by atoms with Crippen molar-refractivity contribution >= 4 is 11.8 Å². The maximum absolute atomic E-state index is 4.96. The molecule has 0 aliphatic carbocycles. The molecule has 2 rings (SSSR count). The largest absolute Gasteiger partial charge is 0.383 e. The maximum Gasteiger partial charge on any atom is 0.195 e. The Labute approximate surface area is 115 Å². The highest BCUT2D eigenvalue weighted by atomic mass is 32.2. The Morgan fingerprint density at radius 3 is 2.74 bits per heavy atom. The van der Waals surface area contributed by atoms with Crippen LogP contribution in [-0.2, 0) is 18.3 Å². The van der Waals surface area contributed by atoms with Crippen molar-refractivity contribution in [2.45, 2.75) is 16.9 Å². The van der Waals surface area contributed by atoms with Crippen LogP contribution < -0.4 is 5.32 Å². The fraction of sp³-hybridized carbons (Fsp3) is 0.455. The lowest BCUT2D eigenvalue weighted by Gasteiger charge is -2.04. The van der Waals surface area contributed by atoms with Gasteiger partial charge in [0.2, 0.25) is 0 Å². The Hall–Kier alpha value is -1.51. The van der Waals surface area contributed by atoms with Crippen LogP contribution in [0.25, 0.3) is 0 Å². The molecule has 19 heavy (non-hydrogen) atoms. The summed E-state index contributed by atoms with van der Waals surface area (Å²) in [7, 11) is 3.52. The van der Waals surface area contributed by atoms with Crippen LogP contribution in [0.3, 0.4) is 0 Å². The minimum Gasteiger partial charge on any atom is -0.383 e. The molecule has 0 spiro atoms. The molecule has 0 amide bonds. The zero-order valence-electron chi connectivity index (χ0n) is 10.9. The van der Waals surface area contributed by atoms with E-state index in [-0.39, 0.29) is 0 Å². The zero-order chi connectivity index (χ0) is 13.5. The molecule has 0 radical (unpaired) electrons. The van der Waals surface area contributed by atoms with E-state index in [1.54, 1.807) is 11.8 Å². The van der Waals surface area contributed by atoms with Gasteiger partial charge < -0.3 is 10.1 Å². The predicted molar refractivity (Wildman–Crippen MR) is 70.7 cm³/mol. The molecule has 0 saturated carbocycles. The molecular weight excluding hydrogens is 264 g/mol. The van der Waals surface area contributed by atoms with Crippen LogP contribution in [0.5, 0.6) is 0 Å². The molecule has 0 aromatic carbocycles. The van der Waals surface area contributed by atoms with Gasteiger partial charge in [0.15, 0.2) is 10.3 Å². The van der Waals surface area contributed by atoms with E-state index in [2.05, 4.69) is 25.4 Å². The number of hydrogen-bond donors (Lipinski definition) is 1. The summed E-state index contributed by atoms with van der Waals surface area (Å²) in [6.07, 6.45) is 5.13.